The summed E-state index contributed by atoms with van der Waals surface area (Å²) >= 11 is 4.55. The third kappa shape index (κ3) is 5.93. The Morgan fingerprint density at radius 1 is 1.08 bits per heavy atom. The summed E-state index contributed by atoms with van der Waals surface area (Å²) in [5, 5.41) is 0.631. The Morgan fingerprint density at radius 3 is 2.17 bits per heavy atom. The lowest BCUT2D eigenvalue weighted by Gasteiger charge is -2.17. The van der Waals surface area contributed by atoms with Crippen LogP contribution in [0.2, 0.25) is 0 Å². The zero-order valence-corrected chi connectivity index (χ0v) is 9.74. The van der Waals surface area contributed by atoms with Gasteiger partial charge >= 0.3 is 0 Å². The molecule has 0 aliphatic carbocycles. The topological polar surface area (TPSA) is 0 Å². The smallest absolute Gasteiger partial charge is 0.00168 e. The van der Waals surface area contributed by atoms with Crippen molar-refractivity contribution in [1.82, 2.24) is 0 Å². The van der Waals surface area contributed by atoms with E-state index in [2.05, 4.69) is 33.4 Å². The van der Waals surface area contributed by atoms with Crippen molar-refractivity contribution >= 4 is 12.6 Å². The van der Waals surface area contributed by atoms with Crippen LogP contribution in [0.3, 0.4) is 0 Å². The van der Waals surface area contributed by atoms with Crippen LogP contribution < -0.4 is 0 Å². The van der Waals surface area contributed by atoms with Gasteiger partial charge in [0.2, 0.25) is 0 Å². The molecule has 0 N–H and O–H groups in total. The average Bonchev–Trinajstić information content (AvgIpc) is 2.11. The number of hydrogen-bond donors (Lipinski definition) is 1. The van der Waals surface area contributed by atoms with Crippen molar-refractivity contribution in [3.63, 3.8) is 0 Å². The molecule has 0 nitrogen and oxygen atoms in total. The third-order valence-electron chi connectivity index (χ3n) is 2.62. The van der Waals surface area contributed by atoms with Gasteiger partial charge in [0.25, 0.3) is 0 Å². The first-order valence-electron chi connectivity index (χ1n) is 5.42. The van der Waals surface area contributed by atoms with Crippen molar-refractivity contribution < 1.29 is 0 Å². The van der Waals surface area contributed by atoms with E-state index in [1.54, 1.807) is 0 Å². The molecule has 0 aliphatic heterocycles. The highest BCUT2D eigenvalue weighted by molar-refractivity contribution is 7.80. The highest BCUT2D eigenvalue weighted by Gasteiger charge is 2.09. The molecule has 0 aromatic carbocycles. The lowest BCUT2D eigenvalue weighted by molar-refractivity contribution is 0.414. The maximum Gasteiger partial charge on any atom is 0.00168 e. The van der Waals surface area contributed by atoms with Gasteiger partial charge in [-0.3, -0.25) is 0 Å². The fourth-order valence-corrected chi connectivity index (χ4v) is 1.83. The molecular formula is C11H24S. The molecule has 0 aromatic rings. The second-order valence-corrected chi connectivity index (χ2v) is 4.44. The average molecular weight is 188 g/mol. The summed E-state index contributed by atoms with van der Waals surface area (Å²) < 4.78 is 0. The van der Waals surface area contributed by atoms with Gasteiger partial charge in [-0.2, -0.15) is 12.6 Å². The molecule has 0 radical (unpaired) electrons. The standard InChI is InChI=1S/C11H24S/c1-4-7-8-10(5-2)9-11(12)6-3/h10-12H,4-9H2,1-3H3. The lowest BCUT2D eigenvalue weighted by atomic mass is 9.93. The minimum absolute atomic E-state index is 0.631. The van der Waals surface area contributed by atoms with Crippen LogP contribution >= 0.6 is 12.6 Å². The van der Waals surface area contributed by atoms with Crippen molar-refractivity contribution in [1.29, 1.82) is 0 Å². The molecule has 0 amide bonds. The molecule has 74 valence electrons. The number of thiol groups is 1. The molecule has 0 aliphatic rings. The molecule has 2 unspecified atom stereocenters. The first kappa shape index (κ1) is 12.3. The molecule has 0 aromatic heterocycles. The predicted octanol–water partition coefficient (Wildman–Crippen LogP) is 4.30. The van der Waals surface area contributed by atoms with E-state index in [9.17, 15) is 0 Å². The predicted molar refractivity (Wildman–Crippen MR) is 61.0 cm³/mol. The van der Waals surface area contributed by atoms with Crippen molar-refractivity contribution in [2.45, 2.75) is 64.5 Å². The molecular weight excluding hydrogens is 164 g/mol. The molecule has 12 heavy (non-hydrogen) atoms. The Kier molecular flexibility index (Phi) is 8.20. The number of hydrogen-bond acceptors (Lipinski definition) is 1. The number of unbranched alkanes of at least 4 members (excludes halogenated alkanes) is 1. The molecule has 0 spiro atoms. The van der Waals surface area contributed by atoms with Gasteiger partial charge in [-0.15, -0.1) is 0 Å². The van der Waals surface area contributed by atoms with E-state index in [4.69, 9.17) is 0 Å². The summed E-state index contributed by atoms with van der Waals surface area (Å²) in [6.45, 7) is 6.80. The second-order valence-electron chi connectivity index (χ2n) is 3.71. The molecule has 2 atom stereocenters. The van der Waals surface area contributed by atoms with Gasteiger partial charge in [-0.25, -0.2) is 0 Å². The first-order valence-corrected chi connectivity index (χ1v) is 5.94. The molecule has 0 saturated carbocycles. The van der Waals surface area contributed by atoms with Crippen LogP contribution in [0.5, 0.6) is 0 Å². The first-order chi connectivity index (χ1) is 5.74. The molecule has 1 heteroatoms. The second kappa shape index (κ2) is 7.97. The van der Waals surface area contributed by atoms with E-state index in [1.165, 1.54) is 38.5 Å². The van der Waals surface area contributed by atoms with Gasteiger partial charge in [-0.1, -0.05) is 46.5 Å². The Balaban J connectivity index is 3.51. The van der Waals surface area contributed by atoms with Gasteiger partial charge in [0.15, 0.2) is 0 Å². The lowest BCUT2D eigenvalue weighted by Crippen LogP contribution is -2.07. The minimum Gasteiger partial charge on any atom is -0.176 e. The normalized spacial score (nSPS) is 16.0. The molecule has 0 bridgehead atoms. The Hall–Kier alpha value is 0.350. The van der Waals surface area contributed by atoms with Crippen LogP contribution in [0.1, 0.15) is 59.3 Å². The van der Waals surface area contributed by atoms with Crippen molar-refractivity contribution in [2.24, 2.45) is 5.92 Å². The van der Waals surface area contributed by atoms with Crippen LogP contribution in [0, 0.1) is 5.92 Å². The van der Waals surface area contributed by atoms with E-state index in [1.807, 2.05) is 0 Å². The van der Waals surface area contributed by atoms with E-state index in [0.717, 1.165) is 5.92 Å². The molecule has 0 saturated heterocycles. The minimum atomic E-state index is 0.631. The highest BCUT2D eigenvalue weighted by Crippen LogP contribution is 2.22. The van der Waals surface area contributed by atoms with Crippen LogP contribution in [0.4, 0.5) is 0 Å². The molecule has 0 rings (SSSR count). The van der Waals surface area contributed by atoms with Gasteiger partial charge < -0.3 is 0 Å². The van der Waals surface area contributed by atoms with Crippen LogP contribution in [-0.2, 0) is 0 Å². The fourth-order valence-electron chi connectivity index (χ4n) is 1.53. The highest BCUT2D eigenvalue weighted by atomic mass is 32.1. The van der Waals surface area contributed by atoms with Crippen molar-refractivity contribution in [3.8, 4) is 0 Å². The molecule has 0 fully saturated rings. The Bertz CT molecular complexity index is 91.0. The van der Waals surface area contributed by atoms with Gasteiger partial charge in [0, 0.05) is 5.25 Å². The van der Waals surface area contributed by atoms with Crippen molar-refractivity contribution in [2.75, 3.05) is 0 Å². The fraction of sp³-hybridized carbons (Fsp3) is 1.00. The van der Waals surface area contributed by atoms with Gasteiger partial charge in [-0.05, 0) is 18.8 Å². The van der Waals surface area contributed by atoms with Gasteiger partial charge in [0.1, 0.15) is 0 Å². The summed E-state index contributed by atoms with van der Waals surface area (Å²) in [6, 6.07) is 0. The van der Waals surface area contributed by atoms with E-state index in [-0.39, 0.29) is 0 Å². The quantitative estimate of drug-likeness (QED) is 0.566. The van der Waals surface area contributed by atoms with Crippen LogP contribution in [0.15, 0.2) is 0 Å². The van der Waals surface area contributed by atoms with Crippen molar-refractivity contribution in [3.05, 3.63) is 0 Å². The maximum atomic E-state index is 4.55. The Morgan fingerprint density at radius 2 is 1.75 bits per heavy atom. The van der Waals surface area contributed by atoms with Gasteiger partial charge in [0.05, 0.1) is 0 Å². The molecule has 0 heterocycles. The van der Waals surface area contributed by atoms with E-state index in [0.29, 0.717) is 5.25 Å². The maximum absolute atomic E-state index is 4.55. The summed E-state index contributed by atoms with van der Waals surface area (Å²) in [4.78, 5) is 0. The van der Waals surface area contributed by atoms with E-state index < -0.39 is 0 Å². The van der Waals surface area contributed by atoms with Crippen LogP contribution in [-0.4, -0.2) is 5.25 Å². The number of rotatable bonds is 7. The summed E-state index contributed by atoms with van der Waals surface area (Å²) in [6.07, 6.45) is 7.99. The summed E-state index contributed by atoms with van der Waals surface area (Å²) in [7, 11) is 0. The SMILES string of the molecule is CCCCC(CC)CC(S)CC. The largest absolute Gasteiger partial charge is 0.176 e. The third-order valence-corrected chi connectivity index (χ3v) is 3.20. The monoisotopic (exact) mass is 188 g/mol. The van der Waals surface area contributed by atoms with E-state index >= 15 is 0 Å². The van der Waals surface area contributed by atoms with Crippen LogP contribution in [0.25, 0.3) is 0 Å². The Labute approximate surface area is 83.5 Å². The summed E-state index contributed by atoms with van der Waals surface area (Å²) in [5.41, 5.74) is 0. The zero-order chi connectivity index (χ0) is 9.40. The zero-order valence-electron chi connectivity index (χ0n) is 8.84. The summed E-state index contributed by atoms with van der Waals surface area (Å²) in [5.74, 6) is 0.924.